The molecule has 0 aromatic carbocycles. The second kappa shape index (κ2) is 8.86. The second-order valence-corrected chi connectivity index (χ2v) is 6.81. The van der Waals surface area contributed by atoms with E-state index in [1.807, 2.05) is 27.7 Å². The third-order valence-electron chi connectivity index (χ3n) is 2.29. The highest BCUT2D eigenvalue weighted by atomic mass is 32.2. The van der Waals surface area contributed by atoms with Crippen LogP contribution in [0.5, 0.6) is 0 Å². The number of nitrogens with one attached hydrogen (secondary N) is 2. The van der Waals surface area contributed by atoms with Crippen molar-refractivity contribution in [1.82, 2.24) is 10.0 Å². The van der Waals surface area contributed by atoms with Crippen LogP contribution in [0.1, 0.15) is 34.1 Å². The van der Waals surface area contributed by atoms with E-state index in [9.17, 15) is 8.42 Å². The van der Waals surface area contributed by atoms with Gasteiger partial charge in [0.1, 0.15) is 0 Å². The van der Waals surface area contributed by atoms with Crippen LogP contribution >= 0.6 is 0 Å². The van der Waals surface area contributed by atoms with E-state index in [-0.39, 0.29) is 6.29 Å². The molecule has 0 aliphatic carbocycles. The van der Waals surface area contributed by atoms with Crippen molar-refractivity contribution in [3.05, 3.63) is 0 Å². The van der Waals surface area contributed by atoms with Crippen molar-refractivity contribution in [2.24, 2.45) is 0 Å². The summed E-state index contributed by atoms with van der Waals surface area (Å²) in [5.74, 6) is 0. The highest BCUT2D eigenvalue weighted by Gasteiger charge is 2.21. The molecule has 0 radical (unpaired) electrons. The number of rotatable bonds is 11. The Morgan fingerprint density at radius 2 is 1.68 bits per heavy atom. The quantitative estimate of drug-likeness (QED) is 0.433. The van der Waals surface area contributed by atoms with Crippen LogP contribution in [0.2, 0.25) is 0 Å². The maximum Gasteiger partial charge on any atom is 0.209 e. The molecule has 0 rings (SSSR count). The number of ether oxygens (including phenoxy) is 2. The van der Waals surface area contributed by atoms with Gasteiger partial charge in [0, 0.05) is 38.3 Å². The molecule has 0 aliphatic rings. The van der Waals surface area contributed by atoms with Crippen LogP contribution in [0.15, 0.2) is 0 Å². The van der Waals surface area contributed by atoms with E-state index in [1.165, 1.54) is 0 Å². The Kier molecular flexibility index (Phi) is 8.76. The molecule has 0 saturated carbocycles. The zero-order valence-electron chi connectivity index (χ0n) is 12.7. The van der Waals surface area contributed by atoms with Gasteiger partial charge in [0.2, 0.25) is 10.0 Å². The molecular formula is C12H28N2O4S. The molecule has 0 heterocycles. The molecule has 0 aliphatic heterocycles. The number of hydrogen-bond donors (Lipinski definition) is 2. The minimum atomic E-state index is -3.19. The van der Waals surface area contributed by atoms with Crippen LogP contribution in [0, 0.1) is 0 Å². The number of hydrogen-bond acceptors (Lipinski definition) is 5. The minimum absolute atomic E-state index is 0.200. The lowest BCUT2D eigenvalue weighted by Crippen LogP contribution is -2.50. The third kappa shape index (κ3) is 11.3. The Morgan fingerprint density at radius 1 is 1.16 bits per heavy atom. The van der Waals surface area contributed by atoms with E-state index in [0.29, 0.717) is 26.3 Å². The first kappa shape index (κ1) is 18.8. The van der Waals surface area contributed by atoms with Crippen LogP contribution in [0.25, 0.3) is 0 Å². The molecule has 0 bridgehead atoms. The van der Waals surface area contributed by atoms with Gasteiger partial charge in [-0.15, -0.1) is 0 Å². The van der Waals surface area contributed by atoms with Crippen LogP contribution in [0.3, 0.4) is 0 Å². The summed E-state index contributed by atoms with van der Waals surface area (Å²) in [7, 11) is -3.19. The van der Waals surface area contributed by atoms with Gasteiger partial charge in [-0.25, -0.2) is 13.1 Å². The van der Waals surface area contributed by atoms with E-state index < -0.39 is 15.6 Å². The molecule has 0 aromatic rings. The van der Waals surface area contributed by atoms with Crippen molar-refractivity contribution in [2.45, 2.75) is 45.9 Å². The van der Waals surface area contributed by atoms with Gasteiger partial charge in [0.25, 0.3) is 0 Å². The Hall–Kier alpha value is -0.210. The molecule has 0 aromatic heterocycles. The van der Waals surface area contributed by atoms with Gasteiger partial charge >= 0.3 is 0 Å². The van der Waals surface area contributed by atoms with E-state index >= 15 is 0 Å². The van der Waals surface area contributed by atoms with Gasteiger partial charge in [-0.1, -0.05) is 0 Å². The van der Waals surface area contributed by atoms with Gasteiger partial charge in [-0.2, -0.15) is 0 Å². The molecule has 116 valence electrons. The van der Waals surface area contributed by atoms with E-state index in [4.69, 9.17) is 9.47 Å². The van der Waals surface area contributed by atoms with Crippen molar-refractivity contribution >= 4 is 10.0 Å². The van der Waals surface area contributed by atoms with Crippen LogP contribution in [0.4, 0.5) is 0 Å². The maximum absolute atomic E-state index is 11.2. The van der Waals surface area contributed by atoms with Crippen molar-refractivity contribution < 1.29 is 17.9 Å². The second-order valence-electron chi connectivity index (χ2n) is 5.06. The van der Waals surface area contributed by atoms with Gasteiger partial charge in [0.05, 0.1) is 6.26 Å². The Bertz CT molecular complexity index is 325. The fourth-order valence-electron chi connectivity index (χ4n) is 1.75. The Morgan fingerprint density at radius 3 is 2.11 bits per heavy atom. The van der Waals surface area contributed by atoms with Crippen molar-refractivity contribution in [1.29, 1.82) is 0 Å². The predicted molar refractivity (Wildman–Crippen MR) is 76.6 cm³/mol. The fraction of sp³-hybridized carbons (Fsp3) is 1.00. The Labute approximate surface area is 117 Å². The molecule has 6 nitrogen and oxygen atoms in total. The molecular weight excluding hydrogens is 268 g/mol. The molecule has 0 unspecified atom stereocenters. The lowest BCUT2D eigenvalue weighted by molar-refractivity contribution is -0.138. The summed E-state index contributed by atoms with van der Waals surface area (Å²) in [6.07, 6.45) is 1.69. The van der Waals surface area contributed by atoms with Crippen molar-refractivity contribution in [3.63, 3.8) is 0 Å². The zero-order valence-corrected chi connectivity index (χ0v) is 13.5. The van der Waals surface area contributed by atoms with Crippen LogP contribution in [-0.4, -0.2) is 52.8 Å². The first-order valence-electron chi connectivity index (χ1n) is 6.63. The summed E-state index contributed by atoms with van der Waals surface area (Å²) < 4.78 is 35.8. The molecule has 0 spiro atoms. The zero-order chi connectivity index (χ0) is 14.9. The van der Waals surface area contributed by atoms with Crippen molar-refractivity contribution in [3.8, 4) is 0 Å². The smallest absolute Gasteiger partial charge is 0.209 e. The van der Waals surface area contributed by atoms with Gasteiger partial charge in [-0.05, 0) is 27.7 Å². The SMILES string of the molecule is CCOC(CCNCC(C)(C)NS(C)(=O)=O)OCC. The molecule has 19 heavy (non-hydrogen) atoms. The van der Waals surface area contributed by atoms with Crippen molar-refractivity contribution in [2.75, 3.05) is 32.6 Å². The molecule has 0 amide bonds. The monoisotopic (exact) mass is 296 g/mol. The topological polar surface area (TPSA) is 76.7 Å². The standard InChI is InChI=1S/C12H28N2O4S/c1-6-17-11(18-7-2)8-9-13-10-12(3,4)14-19(5,15)16/h11,13-14H,6-10H2,1-5H3. The van der Waals surface area contributed by atoms with Crippen LogP contribution < -0.4 is 10.0 Å². The average Bonchev–Trinajstić information content (AvgIpc) is 2.21. The van der Waals surface area contributed by atoms with E-state index in [2.05, 4.69) is 10.0 Å². The first-order chi connectivity index (χ1) is 8.70. The summed E-state index contributed by atoms with van der Waals surface area (Å²) in [6, 6.07) is 0. The third-order valence-corrected chi connectivity index (χ3v) is 3.21. The fourth-order valence-corrected chi connectivity index (χ4v) is 2.82. The molecule has 7 heteroatoms. The number of sulfonamides is 1. The highest BCUT2D eigenvalue weighted by molar-refractivity contribution is 7.88. The molecule has 0 saturated heterocycles. The van der Waals surface area contributed by atoms with Gasteiger partial charge < -0.3 is 14.8 Å². The average molecular weight is 296 g/mol. The normalized spacial score (nSPS) is 13.2. The van der Waals surface area contributed by atoms with E-state index in [0.717, 1.165) is 12.7 Å². The van der Waals surface area contributed by atoms with E-state index in [1.54, 1.807) is 0 Å². The molecule has 0 fully saturated rings. The lowest BCUT2D eigenvalue weighted by atomic mass is 10.1. The summed E-state index contributed by atoms with van der Waals surface area (Å²) in [5.41, 5.74) is -0.514. The maximum atomic E-state index is 11.2. The largest absolute Gasteiger partial charge is 0.353 e. The highest BCUT2D eigenvalue weighted by Crippen LogP contribution is 2.03. The van der Waals surface area contributed by atoms with Gasteiger partial charge in [-0.3, -0.25) is 0 Å². The lowest BCUT2D eigenvalue weighted by Gasteiger charge is -2.26. The Balaban J connectivity index is 3.94. The summed E-state index contributed by atoms with van der Waals surface area (Å²) in [5, 5.41) is 3.21. The predicted octanol–water partition coefficient (Wildman–Crippen LogP) is 0.693. The molecule has 0 atom stereocenters. The molecule has 2 N–H and O–H groups in total. The minimum Gasteiger partial charge on any atom is -0.353 e. The summed E-state index contributed by atoms with van der Waals surface area (Å²) in [6.45, 7) is 10.0. The summed E-state index contributed by atoms with van der Waals surface area (Å²) in [4.78, 5) is 0. The summed E-state index contributed by atoms with van der Waals surface area (Å²) >= 11 is 0. The first-order valence-corrected chi connectivity index (χ1v) is 8.52. The van der Waals surface area contributed by atoms with Gasteiger partial charge in [0.15, 0.2) is 6.29 Å². The van der Waals surface area contributed by atoms with Crippen LogP contribution in [-0.2, 0) is 19.5 Å².